The number of sulfonamides is 1. The largest absolute Gasteiger partial charge is 0.431 e. The topological polar surface area (TPSA) is 93.0 Å². The van der Waals surface area contributed by atoms with Gasteiger partial charge in [0.2, 0.25) is 15.9 Å². The van der Waals surface area contributed by atoms with Crippen molar-refractivity contribution in [3.05, 3.63) is 18.2 Å². The molecular weight excluding hydrogens is 390 g/mol. The first-order valence-corrected chi connectivity index (χ1v) is 11.3. The Bertz CT molecular complexity index is 902. The molecule has 0 saturated carbocycles. The van der Waals surface area contributed by atoms with E-state index in [1.165, 1.54) is 28.2 Å². The van der Waals surface area contributed by atoms with Gasteiger partial charge in [0.05, 0.1) is 23.9 Å². The normalized spacial score (nSPS) is 15.6. The molecule has 27 heavy (non-hydrogen) atoms. The second-order valence-electron chi connectivity index (χ2n) is 5.98. The van der Waals surface area contributed by atoms with Gasteiger partial charge in [-0.1, -0.05) is 25.6 Å². The van der Waals surface area contributed by atoms with Crippen molar-refractivity contribution in [2.45, 2.75) is 24.0 Å². The molecule has 1 amide bonds. The van der Waals surface area contributed by atoms with Gasteiger partial charge < -0.3 is 14.1 Å². The number of nitrogens with zero attached hydrogens (tertiary/aromatic N) is 3. The lowest BCUT2D eigenvalue weighted by Crippen LogP contribution is -2.41. The van der Waals surface area contributed by atoms with E-state index in [4.69, 9.17) is 9.15 Å². The van der Waals surface area contributed by atoms with Crippen molar-refractivity contribution < 1.29 is 22.4 Å². The molecule has 1 fully saturated rings. The summed E-state index contributed by atoms with van der Waals surface area (Å²) in [6.45, 7) is 6.72. The fourth-order valence-electron chi connectivity index (χ4n) is 2.85. The Morgan fingerprint density at radius 1 is 1.26 bits per heavy atom. The van der Waals surface area contributed by atoms with E-state index < -0.39 is 10.0 Å². The highest BCUT2D eigenvalue weighted by Gasteiger charge is 2.23. The van der Waals surface area contributed by atoms with E-state index >= 15 is 0 Å². The Kier molecular flexibility index (Phi) is 6.40. The zero-order valence-electron chi connectivity index (χ0n) is 15.4. The quantitative estimate of drug-likeness (QED) is 0.639. The van der Waals surface area contributed by atoms with Gasteiger partial charge in [0.15, 0.2) is 5.58 Å². The standard InChI is InChI=1S/C17H23N3O5S2/c1-3-20(4-2)27(22,23)13-5-6-15-14(11-13)18-17(25-15)26-12-16(21)19-7-9-24-10-8-19/h5-6,11H,3-4,7-10,12H2,1-2H3. The van der Waals surface area contributed by atoms with Crippen LogP contribution in [0.5, 0.6) is 0 Å². The highest BCUT2D eigenvalue weighted by atomic mass is 32.2. The number of carbonyl (C=O) groups excluding carboxylic acids is 1. The highest BCUT2D eigenvalue weighted by molar-refractivity contribution is 7.99. The molecule has 0 radical (unpaired) electrons. The number of aromatic nitrogens is 1. The number of benzene rings is 1. The van der Waals surface area contributed by atoms with Crippen LogP contribution in [-0.2, 0) is 19.6 Å². The Balaban J connectivity index is 1.73. The number of hydrogen-bond donors (Lipinski definition) is 0. The molecule has 0 atom stereocenters. The van der Waals surface area contributed by atoms with E-state index in [9.17, 15) is 13.2 Å². The molecule has 8 nitrogen and oxygen atoms in total. The molecule has 1 aromatic heterocycles. The van der Waals surface area contributed by atoms with Gasteiger partial charge in [-0.3, -0.25) is 4.79 Å². The maximum atomic E-state index is 12.6. The van der Waals surface area contributed by atoms with Crippen LogP contribution in [0.15, 0.2) is 32.7 Å². The molecule has 1 aromatic carbocycles. The molecule has 10 heteroatoms. The Morgan fingerprint density at radius 2 is 1.96 bits per heavy atom. The van der Waals surface area contributed by atoms with Crippen LogP contribution >= 0.6 is 11.8 Å². The molecule has 0 aliphatic carbocycles. The first-order chi connectivity index (χ1) is 13.0. The zero-order valence-corrected chi connectivity index (χ0v) is 17.0. The first-order valence-electron chi connectivity index (χ1n) is 8.84. The molecule has 2 aromatic rings. The van der Waals surface area contributed by atoms with Gasteiger partial charge >= 0.3 is 0 Å². The lowest BCUT2D eigenvalue weighted by atomic mass is 10.3. The summed E-state index contributed by atoms with van der Waals surface area (Å²) in [6, 6.07) is 4.64. The Morgan fingerprint density at radius 3 is 2.63 bits per heavy atom. The van der Waals surface area contributed by atoms with Gasteiger partial charge in [-0.2, -0.15) is 4.31 Å². The smallest absolute Gasteiger partial charge is 0.257 e. The fourth-order valence-corrected chi connectivity index (χ4v) is 5.07. The third kappa shape index (κ3) is 4.45. The van der Waals surface area contributed by atoms with Gasteiger partial charge in [-0.25, -0.2) is 13.4 Å². The van der Waals surface area contributed by atoms with Crippen molar-refractivity contribution in [2.75, 3.05) is 45.1 Å². The summed E-state index contributed by atoms with van der Waals surface area (Å²) >= 11 is 1.21. The van der Waals surface area contributed by atoms with E-state index in [0.29, 0.717) is 55.7 Å². The Hall–Kier alpha value is -1.62. The summed E-state index contributed by atoms with van der Waals surface area (Å²) in [6.07, 6.45) is 0. The molecule has 0 N–H and O–H groups in total. The minimum absolute atomic E-state index is 0.00959. The number of hydrogen-bond acceptors (Lipinski definition) is 7. The van der Waals surface area contributed by atoms with Crippen molar-refractivity contribution >= 4 is 38.8 Å². The fraction of sp³-hybridized carbons (Fsp3) is 0.529. The zero-order chi connectivity index (χ0) is 19.4. The molecule has 3 rings (SSSR count). The summed E-state index contributed by atoms with van der Waals surface area (Å²) in [7, 11) is -3.55. The molecule has 0 bridgehead atoms. The highest BCUT2D eigenvalue weighted by Crippen LogP contribution is 2.27. The number of amides is 1. The van der Waals surface area contributed by atoms with E-state index in [-0.39, 0.29) is 16.6 Å². The second-order valence-corrected chi connectivity index (χ2v) is 8.84. The summed E-state index contributed by atoms with van der Waals surface area (Å²) in [5.41, 5.74) is 0.958. The summed E-state index contributed by atoms with van der Waals surface area (Å²) in [5.74, 6) is 0.229. The number of carbonyl (C=O) groups is 1. The van der Waals surface area contributed by atoms with E-state index in [1.807, 2.05) is 0 Å². The van der Waals surface area contributed by atoms with Gasteiger partial charge in [0.1, 0.15) is 5.52 Å². The molecule has 1 saturated heterocycles. The van der Waals surface area contributed by atoms with Crippen LogP contribution < -0.4 is 0 Å². The number of thioether (sulfide) groups is 1. The van der Waals surface area contributed by atoms with E-state index in [0.717, 1.165) is 0 Å². The average molecular weight is 414 g/mol. The van der Waals surface area contributed by atoms with Crippen LogP contribution in [0.4, 0.5) is 0 Å². The third-order valence-electron chi connectivity index (χ3n) is 4.37. The molecule has 1 aliphatic heterocycles. The maximum Gasteiger partial charge on any atom is 0.257 e. The molecule has 0 spiro atoms. The van der Waals surface area contributed by atoms with Crippen LogP contribution in [0.2, 0.25) is 0 Å². The summed E-state index contributed by atoms with van der Waals surface area (Å²) in [4.78, 5) is 18.5. The lowest BCUT2D eigenvalue weighted by molar-refractivity contribution is -0.132. The monoisotopic (exact) mass is 413 g/mol. The number of morpholine rings is 1. The van der Waals surface area contributed by atoms with Crippen molar-refractivity contribution in [1.82, 2.24) is 14.2 Å². The molecule has 2 heterocycles. The van der Waals surface area contributed by atoms with Crippen LogP contribution in [0, 0.1) is 0 Å². The second kappa shape index (κ2) is 8.59. The molecule has 1 aliphatic rings. The number of rotatable bonds is 7. The van der Waals surface area contributed by atoms with Crippen LogP contribution in [-0.4, -0.2) is 73.7 Å². The van der Waals surface area contributed by atoms with Crippen molar-refractivity contribution in [1.29, 1.82) is 0 Å². The number of ether oxygens (including phenoxy) is 1. The van der Waals surface area contributed by atoms with Gasteiger partial charge in [-0.15, -0.1) is 0 Å². The van der Waals surface area contributed by atoms with Crippen molar-refractivity contribution in [3.63, 3.8) is 0 Å². The van der Waals surface area contributed by atoms with Gasteiger partial charge in [0, 0.05) is 26.2 Å². The van der Waals surface area contributed by atoms with Crippen LogP contribution in [0.25, 0.3) is 11.1 Å². The molecule has 148 valence electrons. The van der Waals surface area contributed by atoms with E-state index in [1.54, 1.807) is 24.8 Å². The summed E-state index contributed by atoms with van der Waals surface area (Å²) < 4.78 is 37.5. The third-order valence-corrected chi connectivity index (χ3v) is 7.22. The molecule has 0 unspecified atom stereocenters. The average Bonchev–Trinajstić information content (AvgIpc) is 3.09. The van der Waals surface area contributed by atoms with Crippen molar-refractivity contribution in [3.8, 4) is 0 Å². The minimum Gasteiger partial charge on any atom is -0.431 e. The first kappa shape index (κ1) is 20.1. The maximum absolute atomic E-state index is 12.6. The predicted molar refractivity (Wildman–Crippen MR) is 102 cm³/mol. The van der Waals surface area contributed by atoms with Crippen molar-refractivity contribution in [2.24, 2.45) is 0 Å². The summed E-state index contributed by atoms with van der Waals surface area (Å²) in [5, 5.41) is 0.351. The lowest BCUT2D eigenvalue weighted by Gasteiger charge is -2.26. The molecular formula is C17H23N3O5S2. The number of oxazole rings is 1. The van der Waals surface area contributed by atoms with Crippen LogP contribution in [0.3, 0.4) is 0 Å². The minimum atomic E-state index is -3.55. The SMILES string of the molecule is CCN(CC)S(=O)(=O)c1ccc2oc(SCC(=O)N3CCOCC3)nc2c1. The van der Waals surface area contributed by atoms with Gasteiger partial charge in [-0.05, 0) is 18.2 Å². The number of fused-ring (bicyclic) bond motifs is 1. The van der Waals surface area contributed by atoms with Gasteiger partial charge in [0.25, 0.3) is 5.22 Å². The Labute approximate surface area is 162 Å². The van der Waals surface area contributed by atoms with Crippen LogP contribution in [0.1, 0.15) is 13.8 Å². The predicted octanol–water partition coefficient (Wildman–Crippen LogP) is 1.81. The van der Waals surface area contributed by atoms with E-state index in [2.05, 4.69) is 4.98 Å².